The monoisotopic (exact) mass is 494 g/mol. The van der Waals surface area contributed by atoms with Crippen molar-refractivity contribution in [3.63, 3.8) is 0 Å². The molecule has 0 spiro atoms. The van der Waals surface area contributed by atoms with E-state index in [1.54, 1.807) is 0 Å². The van der Waals surface area contributed by atoms with Crippen LogP contribution in [0, 0.1) is 5.92 Å². The van der Waals surface area contributed by atoms with Crippen LogP contribution in [-0.4, -0.2) is 55.2 Å². The summed E-state index contributed by atoms with van der Waals surface area (Å²) in [6.07, 6.45) is 8.60. The van der Waals surface area contributed by atoms with Gasteiger partial charge in [0.05, 0.1) is 5.69 Å². The van der Waals surface area contributed by atoms with Crippen LogP contribution in [-0.2, 0) is 19.5 Å². The van der Waals surface area contributed by atoms with E-state index in [2.05, 4.69) is 58.2 Å². The minimum Gasteiger partial charge on any atom is -0.371 e. The number of fused-ring (bicyclic) bond motifs is 1. The standard InChI is InChI=1S/C29H39ClN4O/c1-32(2)21-26-28(34-16-4-3-5-17-34)13-11-25-27(31-35-29(25)26)12-8-22-14-18-33(19-15-22)20-23-6-9-24(30)10-7-23/h6-7,9-11,13,22H,3-5,8,12,14-21H2,1-2H3. The van der Waals surface area contributed by atoms with Crippen LogP contribution in [0.25, 0.3) is 11.0 Å². The highest BCUT2D eigenvalue weighted by atomic mass is 35.5. The summed E-state index contributed by atoms with van der Waals surface area (Å²) >= 11 is 6.03. The lowest BCUT2D eigenvalue weighted by atomic mass is 9.90. The molecule has 0 N–H and O–H groups in total. The van der Waals surface area contributed by atoms with E-state index in [0.717, 1.165) is 54.8 Å². The van der Waals surface area contributed by atoms with Gasteiger partial charge in [-0.15, -0.1) is 0 Å². The van der Waals surface area contributed by atoms with Crippen molar-refractivity contribution in [2.24, 2.45) is 5.92 Å². The molecule has 5 rings (SSSR count). The molecule has 35 heavy (non-hydrogen) atoms. The predicted octanol–water partition coefficient (Wildman–Crippen LogP) is 6.38. The zero-order valence-electron chi connectivity index (χ0n) is 21.3. The molecule has 3 heterocycles. The third-order valence-corrected chi connectivity index (χ3v) is 8.03. The summed E-state index contributed by atoms with van der Waals surface area (Å²) in [6.45, 7) is 6.51. The molecule has 0 atom stereocenters. The number of nitrogens with zero attached hydrogens (tertiary/aromatic N) is 4. The maximum Gasteiger partial charge on any atom is 0.173 e. The van der Waals surface area contributed by atoms with Crippen molar-refractivity contribution < 1.29 is 4.52 Å². The Kier molecular flexibility index (Phi) is 7.96. The van der Waals surface area contributed by atoms with Crippen LogP contribution in [0.15, 0.2) is 40.9 Å². The summed E-state index contributed by atoms with van der Waals surface area (Å²) in [5.41, 5.74) is 6.10. The molecule has 5 nitrogen and oxygen atoms in total. The maximum atomic E-state index is 6.03. The highest BCUT2D eigenvalue weighted by Crippen LogP contribution is 2.34. The van der Waals surface area contributed by atoms with Crippen molar-refractivity contribution >= 4 is 28.3 Å². The van der Waals surface area contributed by atoms with Gasteiger partial charge >= 0.3 is 0 Å². The van der Waals surface area contributed by atoms with E-state index in [9.17, 15) is 0 Å². The van der Waals surface area contributed by atoms with Crippen molar-refractivity contribution in [1.82, 2.24) is 15.0 Å². The first-order valence-electron chi connectivity index (χ1n) is 13.3. The molecule has 0 bridgehead atoms. The summed E-state index contributed by atoms with van der Waals surface area (Å²) < 4.78 is 6.02. The zero-order chi connectivity index (χ0) is 24.2. The van der Waals surface area contributed by atoms with Crippen molar-refractivity contribution in [1.29, 1.82) is 0 Å². The highest BCUT2D eigenvalue weighted by molar-refractivity contribution is 6.30. The van der Waals surface area contributed by atoms with E-state index in [-0.39, 0.29) is 0 Å². The second kappa shape index (κ2) is 11.3. The van der Waals surface area contributed by atoms with Gasteiger partial charge in [0.25, 0.3) is 0 Å². The number of hydrogen-bond donors (Lipinski definition) is 0. The van der Waals surface area contributed by atoms with Crippen LogP contribution in [0.2, 0.25) is 5.02 Å². The van der Waals surface area contributed by atoms with Crippen LogP contribution in [0.5, 0.6) is 0 Å². The Hall–Kier alpha value is -2.08. The minimum atomic E-state index is 0.761. The number of rotatable bonds is 8. The average Bonchev–Trinajstić information content (AvgIpc) is 3.29. The number of piperidine rings is 2. The van der Waals surface area contributed by atoms with E-state index in [4.69, 9.17) is 16.1 Å². The number of halogens is 1. The van der Waals surface area contributed by atoms with Crippen LogP contribution in [0.1, 0.15) is 55.3 Å². The molecule has 188 valence electrons. The summed E-state index contributed by atoms with van der Waals surface area (Å²) in [4.78, 5) is 7.35. The highest BCUT2D eigenvalue weighted by Gasteiger charge is 2.23. The van der Waals surface area contributed by atoms with Crippen molar-refractivity contribution in [2.75, 3.05) is 45.2 Å². The summed E-state index contributed by atoms with van der Waals surface area (Å²) in [6, 6.07) is 12.9. The Morgan fingerprint density at radius 1 is 0.971 bits per heavy atom. The Bertz CT molecular complexity index is 1100. The molecule has 0 radical (unpaired) electrons. The Morgan fingerprint density at radius 3 is 2.43 bits per heavy atom. The van der Waals surface area contributed by atoms with Crippen LogP contribution in [0.4, 0.5) is 5.69 Å². The number of anilines is 1. The van der Waals surface area contributed by atoms with Gasteiger partial charge in [-0.3, -0.25) is 4.90 Å². The fraction of sp³-hybridized carbons (Fsp3) is 0.552. The fourth-order valence-corrected chi connectivity index (χ4v) is 5.93. The van der Waals surface area contributed by atoms with E-state index >= 15 is 0 Å². The number of aryl methyl sites for hydroxylation is 1. The Balaban J connectivity index is 1.22. The van der Waals surface area contributed by atoms with Gasteiger partial charge in [-0.1, -0.05) is 28.9 Å². The van der Waals surface area contributed by atoms with E-state index < -0.39 is 0 Å². The lowest BCUT2D eigenvalue weighted by Crippen LogP contribution is -2.33. The molecule has 2 aromatic carbocycles. The predicted molar refractivity (Wildman–Crippen MR) is 145 cm³/mol. The maximum absolute atomic E-state index is 6.03. The normalized spacial score (nSPS) is 18.1. The molecule has 6 heteroatoms. The van der Waals surface area contributed by atoms with Crippen molar-refractivity contribution in [3.8, 4) is 0 Å². The SMILES string of the molecule is CN(C)Cc1c(N2CCCCC2)ccc2c(CCC3CCN(Cc4ccc(Cl)cc4)CC3)noc12. The van der Waals surface area contributed by atoms with E-state index in [1.807, 2.05) is 12.1 Å². The first kappa shape index (κ1) is 24.6. The molecule has 2 fully saturated rings. The van der Waals surface area contributed by atoms with Crippen molar-refractivity contribution in [3.05, 3.63) is 58.2 Å². The molecule has 2 aliphatic rings. The molecule has 2 aliphatic heterocycles. The number of likely N-dealkylation sites (tertiary alicyclic amines) is 1. The fourth-order valence-electron chi connectivity index (χ4n) is 5.80. The van der Waals surface area contributed by atoms with Gasteiger partial charge < -0.3 is 14.3 Å². The Labute approximate surface area is 215 Å². The molecule has 0 amide bonds. The molecule has 3 aromatic rings. The van der Waals surface area contributed by atoms with Gasteiger partial charge in [-0.2, -0.15) is 0 Å². The van der Waals surface area contributed by atoms with Gasteiger partial charge in [-0.05, 0) is 108 Å². The second-order valence-electron chi connectivity index (χ2n) is 10.7. The van der Waals surface area contributed by atoms with E-state index in [0.29, 0.717) is 0 Å². The first-order chi connectivity index (χ1) is 17.1. The van der Waals surface area contributed by atoms with Gasteiger partial charge in [0.15, 0.2) is 5.58 Å². The Morgan fingerprint density at radius 2 is 1.71 bits per heavy atom. The number of hydrogen-bond acceptors (Lipinski definition) is 5. The largest absolute Gasteiger partial charge is 0.371 e. The molecule has 0 saturated carbocycles. The molecule has 2 saturated heterocycles. The molecule has 1 aromatic heterocycles. The van der Waals surface area contributed by atoms with Gasteiger partial charge in [0.1, 0.15) is 0 Å². The first-order valence-corrected chi connectivity index (χ1v) is 13.7. The topological polar surface area (TPSA) is 35.8 Å². The average molecular weight is 495 g/mol. The molecule has 0 aliphatic carbocycles. The molecule has 0 unspecified atom stereocenters. The van der Waals surface area contributed by atoms with Crippen LogP contribution < -0.4 is 4.90 Å². The molecular weight excluding hydrogens is 456 g/mol. The number of benzene rings is 2. The zero-order valence-corrected chi connectivity index (χ0v) is 22.1. The van der Waals surface area contributed by atoms with Crippen LogP contribution >= 0.6 is 11.6 Å². The third-order valence-electron chi connectivity index (χ3n) is 7.78. The smallest absolute Gasteiger partial charge is 0.173 e. The van der Waals surface area contributed by atoms with Gasteiger partial charge in [-0.25, -0.2) is 0 Å². The van der Waals surface area contributed by atoms with Gasteiger partial charge in [0.2, 0.25) is 0 Å². The quantitative estimate of drug-likeness (QED) is 0.363. The lowest BCUT2D eigenvalue weighted by Gasteiger charge is -2.32. The van der Waals surface area contributed by atoms with Crippen molar-refractivity contribution in [2.45, 2.75) is 58.0 Å². The van der Waals surface area contributed by atoms with Crippen LogP contribution in [0.3, 0.4) is 0 Å². The third kappa shape index (κ3) is 6.02. The van der Waals surface area contributed by atoms with Gasteiger partial charge in [0, 0.05) is 47.8 Å². The number of aromatic nitrogens is 1. The minimum absolute atomic E-state index is 0.761. The summed E-state index contributed by atoms with van der Waals surface area (Å²) in [5.74, 6) is 0.761. The lowest BCUT2D eigenvalue weighted by molar-refractivity contribution is 0.172. The molecular formula is C29H39ClN4O. The van der Waals surface area contributed by atoms with E-state index in [1.165, 1.54) is 73.8 Å². The summed E-state index contributed by atoms with van der Waals surface area (Å²) in [5, 5.41) is 6.60. The second-order valence-corrected chi connectivity index (χ2v) is 11.2. The summed E-state index contributed by atoms with van der Waals surface area (Å²) in [7, 11) is 4.27.